The van der Waals surface area contributed by atoms with Gasteiger partial charge in [-0.1, -0.05) is 0 Å². The van der Waals surface area contributed by atoms with Crippen LogP contribution < -0.4 is 11.1 Å². The van der Waals surface area contributed by atoms with Crippen LogP contribution in [0.3, 0.4) is 0 Å². The molecule has 6 nitrogen and oxygen atoms in total. The Hall–Kier alpha value is -2.13. The number of hydrogen-bond donors (Lipinski definition) is 2. The zero-order valence-electron chi connectivity index (χ0n) is 11.9. The number of carbonyl (C=O) groups is 1. The second kappa shape index (κ2) is 7.93. The third kappa shape index (κ3) is 5.53. The lowest BCUT2D eigenvalue weighted by Gasteiger charge is -2.12. The van der Waals surface area contributed by atoms with Gasteiger partial charge in [-0.2, -0.15) is 18.3 Å². The summed E-state index contributed by atoms with van der Waals surface area (Å²) >= 11 is 0. The van der Waals surface area contributed by atoms with E-state index in [1.165, 1.54) is 23.4 Å². The highest BCUT2D eigenvalue weighted by Crippen LogP contribution is 2.32. The standard InChI is InChI=1S/C13H14F3N5O.ClH/c14-13(15,16)10-3-9(6-17)4-11(5-10)20-12(22)1-2-21-8-18-7-19-21;/h3-5,7-8H,1-2,6,17H2,(H,20,22);1H. The number of amides is 1. The predicted molar refractivity (Wildman–Crippen MR) is 79.9 cm³/mol. The second-order valence-corrected chi connectivity index (χ2v) is 4.58. The molecule has 1 amide bonds. The number of hydrogen-bond acceptors (Lipinski definition) is 4. The Labute approximate surface area is 136 Å². The van der Waals surface area contributed by atoms with E-state index in [0.717, 1.165) is 12.1 Å². The Balaban J connectivity index is 0.00000264. The molecule has 2 aromatic rings. The van der Waals surface area contributed by atoms with Crippen molar-refractivity contribution in [1.82, 2.24) is 14.8 Å². The highest BCUT2D eigenvalue weighted by atomic mass is 35.5. The number of nitrogens with zero attached hydrogens (tertiary/aromatic N) is 3. The number of nitrogens with one attached hydrogen (secondary N) is 1. The molecule has 1 heterocycles. The minimum Gasteiger partial charge on any atom is -0.326 e. The maximum absolute atomic E-state index is 12.8. The van der Waals surface area contributed by atoms with Crippen LogP contribution in [0.15, 0.2) is 30.9 Å². The van der Waals surface area contributed by atoms with E-state index in [0.29, 0.717) is 5.56 Å². The zero-order valence-corrected chi connectivity index (χ0v) is 12.7. The number of nitrogens with two attached hydrogens (primary N) is 1. The maximum atomic E-state index is 12.8. The van der Waals surface area contributed by atoms with E-state index in [1.54, 1.807) is 0 Å². The van der Waals surface area contributed by atoms with Gasteiger partial charge < -0.3 is 11.1 Å². The van der Waals surface area contributed by atoms with E-state index in [2.05, 4.69) is 15.4 Å². The fourth-order valence-electron chi connectivity index (χ4n) is 1.83. The number of halogens is 4. The summed E-state index contributed by atoms with van der Waals surface area (Å²) in [5, 5.41) is 6.26. The van der Waals surface area contributed by atoms with Crippen LogP contribution >= 0.6 is 12.4 Å². The molecule has 23 heavy (non-hydrogen) atoms. The number of benzene rings is 1. The molecule has 0 fully saturated rings. The van der Waals surface area contributed by atoms with Crippen LogP contribution in [0.1, 0.15) is 17.5 Å². The highest BCUT2D eigenvalue weighted by molar-refractivity contribution is 5.90. The predicted octanol–water partition coefficient (Wildman–Crippen LogP) is 2.21. The molecule has 0 spiro atoms. The average molecular weight is 350 g/mol. The Kier molecular flexibility index (Phi) is 6.52. The van der Waals surface area contributed by atoms with Gasteiger partial charge in [0, 0.05) is 18.7 Å². The Morgan fingerprint density at radius 1 is 1.30 bits per heavy atom. The van der Waals surface area contributed by atoms with Crippen molar-refractivity contribution in [1.29, 1.82) is 0 Å². The summed E-state index contributed by atoms with van der Waals surface area (Å²) in [6.45, 7) is 0.236. The van der Waals surface area contributed by atoms with Crippen LogP contribution in [0.25, 0.3) is 0 Å². The third-order valence-corrected chi connectivity index (χ3v) is 2.87. The molecule has 3 N–H and O–H groups in total. The van der Waals surface area contributed by atoms with Crippen LogP contribution in [0.2, 0.25) is 0 Å². The molecular formula is C13H15ClF3N5O. The lowest BCUT2D eigenvalue weighted by atomic mass is 10.1. The van der Waals surface area contributed by atoms with E-state index in [9.17, 15) is 18.0 Å². The van der Waals surface area contributed by atoms with Gasteiger partial charge in [0.05, 0.1) is 12.1 Å². The van der Waals surface area contributed by atoms with E-state index >= 15 is 0 Å². The Morgan fingerprint density at radius 2 is 2.04 bits per heavy atom. The van der Waals surface area contributed by atoms with Crippen molar-refractivity contribution in [2.75, 3.05) is 5.32 Å². The van der Waals surface area contributed by atoms with Gasteiger partial charge in [0.15, 0.2) is 0 Å². The molecule has 0 aliphatic rings. The van der Waals surface area contributed by atoms with Crippen molar-refractivity contribution < 1.29 is 18.0 Å². The summed E-state index contributed by atoms with van der Waals surface area (Å²) in [5.74, 6) is -0.419. The molecule has 0 bridgehead atoms. The van der Waals surface area contributed by atoms with Crippen LogP contribution in [0.5, 0.6) is 0 Å². The Bertz CT molecular complexity index is 646. The van der Waals surface area contributed by atoms with E-state index in [1.807, 2.05) is 0 Å². The number of anilines is 1. The lowest BCUT2D eigenvalue weighted by Crippen LogP contribution is -2.16. The Morgan fingerprint density at radius 3 is 2.61 bits per heavy atom. The van der Waals surface area contributed by atoms with E-state index in [-0.39, 0.29) is 37.6 Å². The smallest absolute Gasteiger partial charge is 0.326 e. The fourth-order valence-corrected chi connectivity index (χ4v) is 1.83. The first-order valence-corrected chi connectivity index (χ1v) is 6.42. The molecule has 0 unspecified atom stereocenters. The van der Waals surface area contributed by atoms with Crippen molar-refractivity contribution in [3.8, 4) is 0 Å². The van der Waals surface area contributed by atoms with Crippen molar-refractivity contribution in [2.24, 2.45) is 5.73 Å². The topological polar surface area (TPSA) is 85.8 Å². The van der Waals surface area contributed by atoms with Crippen molar-refractivity contribution in [3.05, 3.63) is 42.0 Å². The molecule has 0 saturated carbocycles. The van der Waals surface area contributed by atoms with Crippen LogP contribution in [-0.4, -0.2) is 20.7 Å². The van der Waals surface area contributed by atoms with E-state index in [4.69, 9.17) is 5.73 Å². The van der Waals surface area contributed by atoms with E-state index < -0.39 is 17.6 Å². The minimum absolute atomic E-state index is 0. The summed E-state index contributed by atoms with van der Waals surface area (Å²) in [5.41, 5.74) is 4.90. The van der Waals surface area contributed by atoms with Crippen LogP contribution in [0, 0.1) is 0 Å². The highest BCUT2D eigenvalue weighted by Gasteiger charge is 2.31. The summed E-state index contributed by atoms with van der Waals surface area (Å²) in [6.07, 6.45) is -1.65. The summed E-state index contributed by atoms with van der Waals surface area (Å²) in [7, 11) is 0. The summed E-state index contributed by atoms with van der Waals surface area (Å²) in [6, 6.07) is 3.26. The van der Waals surface area contributed by atoms with Gasteiger partial charge >= 0.3 is 6.18 Å². The molecule has 1 aromatic carbocycles. The van der Waals surface area contributed by atoms with Gasteiger partial charge in [0.25, 0.3) is 0 Å². The number of alkyl halides is 3. The lowest BCUT2D eigenvalue weighted by molar-refractivity contribution is -0.137. The first-order chi connectivity index (χ1) is 10.4. The average Bonchev–Trinajstić information content (AvgIpc) is 2.97. The SMILES string of the molecule is Cl.NCc1cc(NC(=O)CCn2cncn2)cc(C(F)(F)F)c1. The number of aromatic nitrogens is 3. The van der Waals surface area contributed by atoms with Crippen LogP contribution in [0.4, 0.5) is 18.9 Å². The van der Waals surface area contributed by atoms with Gasteiger partial charge in [0.2, 0.25) is 5.91 Å². The molecule has 10 heteroatoms. The number of aryl methyl sites for hydroxylation is 1. The molecule has 0 atom stereocenters. The van der Waals surface area contributed by atoms with Crippen LogP contribution in [-0.2, 0) is 24.1 Å². The normalized spacial score (nSPS) is 11.0. The first-order valence-electron chi connectivity index (χ1n) is 6.42. The van der Waals surface area contributed by atoms with Gasteiger partial charge in [-0.3, -0.25) is 9.48 Å². The van der Waals surface area contributed by atoms with Gasteiger partial charge in [-0.15, -0.1) is 12.4 Å². The molecule has 0 radical (unpaired) electrons. The van der Waals surface area contributed by atoms with Gasteiger partial charge in [-0.05, 0) is 23.8 Å². The quantitative estimate of drug-likeness (QED) is 0.866. The summed E-state index contributed by atoms with van der Waals surface area (Å²) in [4.78, 5) is 15.5. The van der Waals surface area contributed by atoms with Gasteiger partial charge in [0.1, 0.15) is 12.7 Å². The second-order valence-electron chi connectivity index (χ2n) is 4.58. The van der Waals surface area contributed by atoms with Gasteiger partial charge in [-0.25, -0.2) is 4.98 Å². The molecule has 1 aromatic heterocycles. The molecule has 0 aliphatic heterocycles. The summed E-state index contributed by atoms with van der Waals surface area (Å²) < 4.78 is 39.8. The first kappa shape index (κ1) is 18.9. The van der Waals surface area contributed by atoms with Crippen molar-refractivity contribution in [2.45, 2.75) is 25.7 Å². The molecule has 2 rings (SSSR count). The maximum Gasteiger partial charge on any atom is 0.416 e. The molecule has 0 aliphatic carbocycles. The minimum atomic E-state index is -4.49. The fraction of sp³-hybridized carbons (Fsp3) is 0.308. The molecule has 126 valence electrons. The third-order valence-electron chi connectivity index (χ3n) is 2.87. The monoisotopic (exact) mass is 349 g/mol. The van der Waals surface area contributed by atoms with Crippen molar-refractivity contribution in [3.63, 3.8) is 0 Å². The largest absolute Gasteiger partial charge is 0.416 e. The van der Waals surface area contributed by atoms with Crippen molar-refractivity contribution >= 4 is 24.0 Å². The number of rotatable bonds is 5. The number of carbonyl (C=O) groups excluding carboxylic acids is 1. The zero-order chi connectivity index (χ0) is 16.2. The molecular weight excluding hydrogens is 335 g/mol. The molecule has 0 saturated heterocycles.